The van der Waals surface area contributed by atoms with Gasteiger partial charge in [-0.15, -0.1) is 4.91 Å². The number of rotatable bonds is 7. The van der Waals surface area contributed by atoms with Crippen LogP contribution in [0.5, 0.6) is 11.5 Å². The zero-order chi connectivity index (χ0) is 21.0. The number of hydrogen-bond donors (Lipinski definition) is 0. The molecule has 8 nitrogen and oxygen atoms in total. The molecule has 0 N–H and O–H groups in total. The molecule has 29 heavy (non-hydrogen) atoms. The lowest BCUT2D eigenvalue weighted by Crippen LogP contribution is -1.94. The average Bonchev–Trinajstić information content (AvgIpc) is 3.12. The first kappa shape index (κ1) is 20.0. The molecule has 146 valence electrons. The number of ether oxygens (including phenoxy) is 1. The van der Waals surface area contributed by atoms with E-state index in [4.69, 9.17) is 4.74 Å². The summed E-state index contributed by atoms with van der Waals surface area (Å²) < 4.78 is 5.71. The fraction of sp³-hybridized carbons (Fsp3) is 0.100. The third-order valence-electron chi connectivity index (χ3n) is 3.86. The molecule has 0 aliphatic heterocycles. The predicted molar refractivity (Wildman–Crippen MR) is 114 cm³/mol. The molecule has 0 saturated heterocycles. The second-order valence-corrected chi connectivity index (χ2v) is 6.93. The second-order valence-electron chi connectivity index (χ2n) is 5.96. The SMILES string of the molecule is C=C(N=O)c1nc(-c2ccc(Oc3cccc(C)c3)c([N+](=O)[O-])c2)sc1N=CC. The third kappa shape index (κ3) is 4.41. The van der Waals surface area contributed by atoms with Crippen molar-refractivity contribution < 1.29 is 9.66 Å². The Bertz CT molecular complexity index is 1140. The molecule has 3 aromatic rings. The van der Waals surface area contributed by atoms with Crippen molar-refractivity contribution in [3.05, 3.63) is 75.3 Å². The molecule has 0 radical (unpaired) electrons. The van der Waals surface area contributed by atoms with Gasteiger partial charge in [-0.2, -0.15) is 0 Å². The first-order chi connectivity index (χ1) is 13.9. The fourth-order valence-corrected chi connectivity index (χ4v) is 3.54. The number of nitroso groups, excluding NO2 is 1. The van der Waals surface area contributed by atoms with E-state index in [0.717, 1.165) is 5.56 Å². The summed E-state index contributed by atoms with van der Waals surface area (Å²) in [6.07, 6.45) is 1.56. The lowest BCUT2D eigenvalue weighted by molar-refractivity contribution is -0.385. The largest absolute Gasteiger partial charge is 0.450 e. The third-order valence-corrected chi connectivity index (χ3v) is 4.87. The van der Waals surface area contributed by atoms with Gasteiger partial charge in [-0.1, -0.05) is 30.0 Å². The molecule has 0 fully saturated rings. The van der Waals surface area contributed by atoms with Gasteiger partial charge < -0.3 is 4.74 Å². The average molecular weight is 408 g/mol. The van der Waals surface area contributed by atoms with Gasteiger partial charge in [0, 0.05) is 17.8 Å². The summed E-state index contributed by atoms with van der Waals surface area (Å²) in [6, 6.07) is 11.8. The van der Waals surface area contributed by atoms with Gasteiger partial charge in [0.05, 0.1) is 4.92 Å². The van der Waals surface area contributed by atoms with Crippen molar-refractivity contribution in [2.75, 3.05) is 0 Å². The van der Waals surface area contributed by atoms with Crippen LogP contribution < -0.4 is 4.74 Å². The van der Waals surface area contributed by atoms with Gasteiger partial charge in [0.25, 0.3) is 0 Å². The lowest BCUT2D eigenvalue weighted by atomic mass is 10.2. The van der Waals surface area contributed by atoms with E-state index in [1.807, 2.05) is 19.1 Å². The Morgan fingerprint density at radius 3 is 2.76 bits per heavy atom. The topological polar surface area (TPSA) is 107 Å². The van der Waals surface area contributed by atoms with Gasteiger partial charge in [0.1, 0.15) is 27.1 Å². The van der Waals surface area contributed by atoms with Crippen LogP contribution >= 0.6 is 11.3 Å². The molecule has 2 aromatic carbocycles. The van der Waals surface area contributed by atoms with E-state index in [0.29, 0.717) is 21.3 Å². The van der Waals surface area contributed by atoms with Crippen molar-refractivity contribution in [2.45, 2.75) is 13.8 Å². The smallest absolute Gasteiger partial charge is 0.312 e. The molecule has 0 saturated carbocycles. The van der Waals surface area contributed by atoms with Crippen molar-refractivity contribution >= 4 is 33.9 Å². The molecule has 0 unspecified atom stereocenters. The Balaban J connectivity index is 2.04. The van der Waals surface area contributed by atoms with Gasteiger partial charge in [-0.05, 0) is 48.9 Å². The van der Waals surface area contributed by atoms with Crippen LogP contribution in [0.2, 0.25) is 0 Å². The van der Waals surface area contributed by atoms with Crippen LogP contribution in [0.3, 0.4) is 0 Å². The van der Waals surface area contributed by atoms with E-state index in [9.17, 15) is 15.0 Å². The van der Waals surface area contributed by atoms with Gasteiger partial charge >= 0.3 is 5.69 Å². The molecule has 1 heterocycles. The van der Waals surface area contributed by atoms with Crippen molar-refractivity contribution in [3.63, 3.8) is 0 Å². The molecule has 0 aliphatic carbocycles. The van der Waals surface area contributed by atoms with E-state index in [2.05, 4.69) is 21.7 Å². The molecule has 0 bridgehead atoms. The predicted octanol–water partition coefficient (Wildman–Crippen LogP) is 6.28. The maximum absolute atomic E-state index is 11.6. The maximum Gasteiger partial charge on any atom is 0.312 e. The van der Waals surface area contributed by atoms with Crippen molar-refractivity contribution in [2.24, 2.45) is 10.2 Å². The summed E-state index contributed by atoms with van der Waals surface area (Å²) in [4.78, 5) is 30.5. The molecular formula is C20H16N4O4S. The van der Waals surface area contributed by atoms with Gasteiger partial charge in [0.15, 0.2) is 0 Å². The maximum atomic E-state index is 11.6. The number of hydrogen-bond acceptors (Lipinski definition) is 8. The van der Waals surface area contributed by atoms with E-state index in [1.165, 1.54) is 23.5 Å². The first-order valence-electron chi connectivity index (χ1n) is 8.48. The summed E-state index contributed by atoms with van der Waals surface area (Å²) in [5, 5.41) is 15.3. The summed E-state index contributed by atoms with van der Waals surface area (Å²) in [5.74, 6) is 0.622. The molecule has 0 spiro atoms. The van der Waals surface area contributed by atoms with Gasteiger partial charge in [-0.3, -0.25) is 10.1 Å². The van der Waals surface area contributed by atoms with Crippen LogP contribution in [0.25, 0.3) is 16.3 Å². The first-order valence-corrected chi connectivity index (χ1v) is 9.30. The Labute approximate surface area is 170 Å². The minimum atomic E-state index is -0.514. The summed E-state index contributed by atoms with van der Waals surface area (Å²) >= 11 is 1.18. The molecule has 0 atom stereocenters. The van der Waals surface area contributed by atoms with Crippen LogP contribution in [0, 0.1) is 21.9 Å². The minimum Gasteiger partial charge on any atom is -0.450 e. The molecule has 9 heteroatoms. The summed E-state index contributed by atoms with van der Waals surface area (Å²) in [7, 11) is 0. The van der Waals surface area contributed by atoms with E-state index < -0.39 is 4.92 Å². The summed E-state index contributed by atoms with van der Waals surface area (Å²) in [5.41, 5.74) is 1.47. The Kier molecular flexibility index (Phi) is 5.89. The number of thiazole rings is 1. The van der Waals surface area contributed by atoms with Crippen molar-refractivity contribution in [1.29, 1.82) is 0 Å². The highest BCUT2D eigenvalue weighted by atomic mass is 32.1. The fourth-order valence-electron chi connectivity index (χ4n) is 2.56. The van der Waals surface area contributed by atoms with Crippen LogP contribution in [-0.4, -0.2) is 16.1 Å². The van der Waals surface area contributed by atoms with Crippen LogP contribution in [-0.2, 0) is 0 Å². The van der Waals surface area contributed by atoms with Gasteiger partial charge in [0.2, 0.25) is 5.75 Å². The highest BCUT2D eigenvalue weighted by Gasteiger charge is 2.21. The van der Waals surface area contributed by atoms with E-state index in [1.54, 1.807) is 31.3 Å². The molecule has 0 aliphatic rings. The van der Waals surface area contributed by atoms with Crippen LogP contribution in [0.15, 0.2) is 59.2 Å². The number of aromatic nitrogens is 1. The number of nitro groups is 1. The number of aryl methyl sites for hydroxylation is 1. The molecule has 1 aromatic heterocycles. The minimum absolute atomic E-state index is 0.0537. The van der Waals surface area contributed by atoms with Crippen molar-refractivity contribution in [1.82, 2.24) is 4.98 Å². The van der Waals surface area contributed by atoms with Crippen LogP contribution in [0.1, 0.15) is 18.2 Å². The molecular weight excluding hydrogens is 392 g/mol. The zero-order valence-corrected chi connectivity index (χ0v) is 16.5. The number of aliphatic imine (C=N–C) groups is 1. The molecule has 3 rings (SSSR count). The van der Waals surface area contributed by atoms with Crippen molar-refractivity contribution in [3.8, 4) is 22.1 Å². The Hall–Kier alpha value is -3.72. The zero-order valence-electron chi connectivity index (χ0n) is 15.7. The quantitative estimate of drug-likeness (QED) is 0.198. The highest BCUT2D eigenvalue weighted by Crippen LogP contribution is 2.40. The monoisotopic (exact) mass is 408 g/mol. The standard InChI is InChI=1S/C20H16N4O4S/c1-4-21-20-18(13(3)23-25)22-19(29-20)14-8-9-17(16(11-14)24(26)27)28-15-7-5-6-12(2)10-15/h4-11H,3H2,1-2H3. The number of benzene rings is 2. The van der Waals surface area contributed by atoms with Crippen LogP contribution in [0.4, 0.5) is 10.7 Å². The van der Waals surface area contributed by atoms with E-state index >= 15 is 0 Å². The van der Waals surface area contributed by atoms with Gasteiger partial charge in [-0.25, -0.2) is 9.98 Å². The highest BCUT2D eigenvalue weighted by molar-refractivity contribution is 7.19. The molecule has 0 amide bonds. The Morgan fingerprint density at radius 2 is 2.10 bits per heavy atom. The second kappa shape index (κ2) is 8.53. The number of nitrogens with zero attached hydrogens (tertiary/aromatic N) is 4. The lowest BCUT2D eigenvalue weighted by Gasteiger charge is -2.08. The van der Waals surface area contributed by atoms with E-state index in [-0.39, 0.29) is 22.8 Å². The summed E-state index contributed by atoms with van der Waals surface area (Å²) in [6.45, 7) is 7.20. The Morgan fingerprint density at radius 1 is 1.31 bits per heavy atom. The number of nitro benzene ring substituents is 1. The normalized spacial score (nSPS) is 10.8.